The zero-order chi connectivity index (χ0) is 9.84. The molecule has 0 bridgehead atoms. The maximum absolute atomic E-state index is 4.05. The van der Waals surface area contributed by atoms with E-state index in [1.165, 1.54) is 18.4 Å². The molecule has 0 heterocycles. The molecule has 0 spiro atoms. The van der Waals surface area contributed by atoms with Gasteiger partial charge < -0.3 is 0 Å². The van der Waals surface area contributed by atoms with E-state index in [2.05, 4.69) is 32.2 Å². The third-order valence-electron chi connectivity index (χ3n) is 2.34. The Hall–Kier alpha value is -1.04. The van der Waals surface area contributed by atoms with Crippen molar-refractivity contribution < 1.29 is 0 Å². The molecule has 1 atom stereocenters. The Morgan fingerprint density at radius 2 is 2.15 bits per heavy atom. The maximum atomic E-state index is 4.05. The van der Waals surface area contributed by atoms with Gasteiger partial charge in [0, 0.05) is 0 Å². The molecule has 13 heavy (non-hydrogen) atoms. The van der Waals surface area contributed by atoms with E-state index in [4.69, 9.17) is 0 Å². The van der Waals surface area contributed by atoms with E-state index >= 15 is 0 Å². The molecule has 0 heteroatoms. The highest BCUT2D eigenvalue weighted by molar-refractivity contribution is 5.41. The number of rotatable bonds is 3. The Morgan fingerprint density at radius 3 is 2.62 bits per heavy atom. The molecule has 0 nitrogen and oxygen atoms in total. The quantitative estimate of drug-likeness (QED) is 0.567. The minimum Gasteiger partial charge on any atom is -0.0961 e. The van der Waals surface area contributed by atoms with Crippen molar-refractivity contribution in [2.75, 3.05) is 0 Å². The van der Waals surface area contributed by atoms with Gasteiger partial charge in [-0.25, -0.2) is 0 Å². The van der Waals surface area contributed by atoms with E-state index in [1.807, 2.05) is 13.0 Å². The van der Waals surface area contributed by atoms with Crippen LogP contribution in [-0.2, 0) is 0 Å². The molecular weight excluding hydrogens is 156 g/mol. The van der Waals surface area contributed by atoms with Crippen molar-refractivity contribution in [2.45, 2.75) is 26.7 Å². The molecule has 1 aliphatic carbocycles. The van der Waals surface area contributed by atoms with Crippen LogP contribution < -0.4 is 0 Å². The van der Waals surface area contributed by atoms with Crippen molar-refractivity contribution in [1.82, 2.24) is 0 Å². The van der Waals surface area contributed by atoms with Crippen LogP contribution in [-0.4, -0.2) is 0 Å². The van der Waals surface area contributed by atoms with Gasteiger partial charge in [-0.3, -0.25) is 0 Å². The summed E-state index contributed by atoms with van der Waals surface area (Å²) in [4.78, 5) is 0. The average Bonchev–Trinajstić information content (AvgIpc) is 2.47. The van der Waals surface area contributed by atoms with Gasteiger partial charge in [-0.2, -0.15) is 0 Å². The molecule has 0 saturated heterocycles. The summed E-state index contributed by atoms with van der Waals surface area (Å²) in [5.41, 5.74) is 3.63. The highest BCUT2D eigenvalue weighted by Crippen LogP contribution is 2.28. The SMILES string of the molecule is C=C(C)/C=C\C(=C)C1=CC(C)CC1. The summed E-state index contributed by atoms with van der Waals surface area (Å²) in [7, 11) is 0. The first kappa shape index (κ1) is 10.0. The minimum atomic E-state index is 0.727. The highest BCUT2D eigenvalue weighted by Gasteiger charge is 2.11. The summed E-state index contributed by atoms with van der Waals surface area (Å²) < 4.78 is 0. The zero-order valence-corrected chi connectivity index (χ0v) is 8.64. The van der Waals surface area contributed by atoms with E-state index in [0.29, 0.717) is 0 Å². The molecule has 1 unspecified atom stereocenters. The van der Waals surface area contributed by atoms with Crippen molar-refractivity contribution in [2.24, 2.45) is 5.92 Å². The lowest BCUT2D eigenvalue weighted by Crippen LogP contribution is -1.79. The highest BCUT2D eigenvalue weighted by atomic mass is 14.2. The zero-order valence-electron chi connectivity index (χ0n) is 8.64. The predicted molar refractivity (Wildman–Crippen MR) is 59.6 cm³/mol. The summed E-state index contributed by atoms with van der Waals surface area (Å²) in [6, 6.07) is 0. The molecular formula is C13H18. The van der Waals surface area contributed by atoms with Gasteiger partial charge in [-0.05, 0) is 36.8 Å². The molecule has 0 aromatic heterocycles. The topological polar surface area (TPSA) is 0 Å². The molecule has 0 aromatic rings. The Labute approximate surface area is 81.4 Å². The van der Waals surface area contributed by atoms with Gasteiger partial charge in [0.15, 0.2) is 0 Å². The molecule has 1 rings (SSSR count). The second kappa shape index (κ2) is 4.27. The Morgan fingerprint density at radius 1 is 1.46 bits per heavy atom. The molecule has 0 saturated carbocycles. The fourth-order valence-corrected chi connectivity index (χ4v) is 1.51. The van der Waals surface area contributed by atoms with Crippen LogP contribution in [0.2, 0.25) is 0 Å². The van der Waals surface area contributed by atoms with Gasteiger partial charge in [0.1, 0.15) is 0 Å². The number of hydrogen-bond donors (Lipinski definition) is 0. The first-order valence-corrected chi connectivity index (χ1v) is 4.83. The van der Waals surface area contributed by atoms with Gasteiger partial charge in [0.2, 0.25) is 0 Å². The van der Waals surface area contributed by atoms with Crippen molar-refractivity contribution in [3.63, 3.8) is 0 Å². The van der Waals surface area contributed by atoms with Gasteiger partial charge in [-0.15, -0.1) is 0 Å². The Bertz CT molecular complexity index is 276. The van der Waals surface area contributed by atoms with Crippen molar-refractivity contribution >= 4 is 0 Å². The first-order chi connectivity index (χ1) is 6.09. The molecule has 0 aliphatic heterocycles. The van der Waals surface area contributed by atoms with Crippen molar-refractivity contribution in [3.8, 4) is 0 Å². The smallest absolute Gasteiger partial charge is 0.0253 e. The van der Waals surface area contributed by atoms with Crippen LogP contribution >= 0.6 is 0 Å². The molecule has 1 aliphatic rings. The van der Waals surface area contributed by atoms with Gasteiger partial charge in [-0.1, -0.05) is 43.9 Å². The molecule has 0 fully saturated rings. The second-order valence-electron chi connectivity index (χ2n) is 3.91. The summed E-state index contributed by atoms with van der Waals surface area (Å²) in [5, 5.41) is 0. The van der Waals surface area contributed by atoms with Gasteiger partial charge in [0.25, 0.3) is 0 Å². The van der Waals surface area contributed by atoms with Crippen molar-refractivity contribution in [1.29, 1.82) is 0 Å². The normalized spacial score (nSPS) is 22.0. The van der Waals surface area contributed by atoms with Crippen LogP contribution in [0, 0.1) is 5.92 Å². The lowest BCUT2D eigenvalue weighted by Gasteiger charge is -1.99. The lowest BCUT2D eigenvalue weighted by atomic mass is 10.1. The van der Waals surface area contributed by atoms with E-state index in [-0.39, 0.29) is 0 Å². The van der Waals surface area contributed by atoms with Gasteiger partial charge in [0.05, 0.1) is 0 Å². The molecule has 0 aromatic carbocycles. The van der Waals surface area contributed by atoms with Crippen LogP contribution in [0.5, 0.6) is 0 Å². The lowest BCUT2D eigenvalue weighted by molar-refractivity contribution is 0.699. The third-order valence-corrected chi connectivity index (χ3v) is 2.34. The average molecular weight is 174 g/mol. The van der Waals surface area contributed by atoms with Crippen molar-refractivity contribution in [3.05, 3.63) is 48.1 Å². The number of allylic oxidation sites excluding steroid dienone is 6. The first-order valence-electron chi connectivity index (χ1n) is 4.83. The largest absolute Gasteiger partial charge is 0.0961 e. The van der Waals surface area contributed by atoms with Crippen LogP contribution in [0.25, 0.3) is 0 Å². The maximum Gasteiger partial charge on any atom is -0.0253 e. The summed E-state index contributed by atoms with van der Waals surface area (Å²) in [6.45, 7) is 12.1. The Kier molecular flexibility index (Phi) is 3.30. The van der Waals surface area contributed by atoms with E-state index in [9.17, 15) is 0 Å². The third kappa shape index (κ3) is 3.06. The monoisotopic (exact) mass is 174 g/mol. The molecule has 0 amide bonds. The second-order valence-corrected chi connectivity index (χ2v) is 3.91. The summed E-state index contributed by atoms with van der Waals surface area (Å²) >= 11 is 0. The minimum absolute atomic E-state index is 0.727. The van der Waals surface area contributed by atoms with Crippen LogP contribution in [0.3, 0.4) is 0 Å². The van der Waals surface area contributed by atoms with Crippen LogP contribution in [0.1, 0.15) is 26.7 Å². The number of hydrogen-bond acceptors (Lipinski definition) is 0. The summed E-state index contributed by atoms with van der Waals surface area (Å²) in [5.74, 6) is 0.727. The summed E-state index contributed by atoms with van der Waals surface area (Å²) in [6.07, 6.45) is 8.86. The Balaban J connectivity index is 2.59. The molecule has 0 radical (unpaired) electrons. The standard InChI is InChI=1S/C13H18/c1-10(2)5-7-12(4)13-8-6-11(3)9-13/h5,7,9,11H,1,4,6,8H2,2-3H3/b7-5-. The molecule has 0 N–H and O–H groups in total. The van der Waals surface area contributed by atoms with E-state index in [0.717, 1.165) is 17.1 Å². The van der Waals surface area contributed by atoms with Crippen LogP contribution in [0.15, 0.2) is 48.1 Å². The fourth-order valence-electron chi connectivity index (χ4n) is 1.51. The van der Waals surface area contributed by atoms with Crippen LogP contribution in [0.4, 0.5) is 0 Å². The van der Waals surface area contributed by atoms with Gasteiger partial charge >= 0.3 is 0 Å². The molecule has 70 valence electrons. The van der Waals surface area contributed by atoms with E-state index < -0.39 is 0 Å². The predicted octanol–water partition coefficient (Wildman–Crippen LogP) is 4.03. The van der Waals surface area contributed by atoms with E-state index in [1.54, 1.807) is 0 Å². The fraction of sp³-hybridized carbons (Fsp3) is 0.385.